The lowest BCUT2D eigenvalue weighted by Gasteiger charge is -2.20. The maximum atomic E-state index is 12.6. The Balaban J connectivity index is 1.43. The van der Waals surface area contributed by atoms with Crippen molar-refractivity contribution in [1.82, 2.24) is 0 Å². The van der Waals surface area contributed by atoms with Gasteiger partial charge in [0.15, 0.2) is 12.2 Å². The number of rotatable bonds is 8. The van der Waals surface area contributed by atoms with Gasteiger partial charge in [-0.05, 0) is 36.4 Å². The summed E-state index contributed by atoms with van der Waals surface area (Å²) in [5.74, 6) is -1.88. The highest BCUT2D eigenvalue weighted by atomic mass is 16.7. The van der Waals surface area contributed by atoms with Gasteiger partial charge in [0.25, 0.3) is 0 Å². The Morgan fingerprint density at radius 3 is 1.66 bits per heavy atom. The molecule has 35 heavy (non-hydrogen) atoms. The lowest BCUT2D eigenvalue weighted by molar-refractivity contribution is -0.136. The topological polar surface area (TPSA) is 108 Å². The molecule has 0 amide bonds. The van der Waals surface area contributed by atoms with E-state index in [1.54, 1.807) is 91.0 Å². The van der Waals surface area contributed by atoms with Gasteiger partial charge >= 0.3 is 17.9 Å². The van der Waals surface area contributed by atoms with Crippen LogP contribution in [-0.2, 0) is 18.9 Å². The van der Waals surface area contributed by atoms with E-state index in [1.807, 2.05) is 0 Å². The first kappa shape index (κ1) is 24.1. The third-order valence-corrected chi connectivity index (χ3v) is 5.42. The molecule has 8 heteroatoms. The summed E-state index contributed by atoms with van der Waals surface area (Å²) in [6.45, 7) is -0.0656. The van der Waals surface area contributed by atoms with Crippen LogP contribution in [0.1, 0.15) is 37.5 Å². The van der Waals surface area contributed by atoms with Crippen LogP contribution in [0, 0.1) is 0 Å². The van der Waals surface area contributed by atoms with E-state index in [0.29, 0.717) is 11.1 Å². The maximum absolute atomic E-state index is 12.6. The number of aliphatic hydroxyl groups is 1. The Morgan fingerprint density at radius 2 is 1.14 bits per heavy atom. The largest absolute Gasteiger partial charge is 0.462 e. The van der Waals surface area contributed by atoms with Crippen molar-refractivity contribution in [3.63, 3.8) is 0 Å². The molecule has 1 N–H and O–H groups in total. The third kappa shape index (κ3) is 6.11. The summed E-state index contributed by atoms with van der Waals surface area (Å²) in [6.07, 6.45) is -4.74. The minimum Gasteiger partial charge on any atom is -0.462 e. The van der Waals surface area contributed by atoms with Crippen LogP contribution in [0.4, 0.5) is 0 Å². The lowest BCUT2D eigenvalue weighted by Crippen LogP contribution is -2.38. The maximum Gasteiger partial charge on any atom is 0.340 e. The predicted molar refractivity (Wildman–Crippen MR) is 124 cm³/mol. The number of benzene rings is 3. The van der Waals surface area contributed by atoms with E-state index >= 15 is 0 Å². The molecule has 0 bridgehead atoms. The van der Waals surface area contributed by atoms with E-state index in [1.165, 1.54) is 0 Å². The van der Waals surface area contributed by atoms with Gasteiger partial charge in [0.1, 0.15) is 6.10 Å². The second-order valence-corrected chi connectivity index (χ2v) is 7.83. The second-order valence-electron chi connectivity index (χ2n) is 7.83. The average Bonchev–Trinajstić information content (AvgIpc) is 3.19. The summed E-state index contributed by atoms with van der Waals surface area (Å²) < 4.78 is 21.9. The lowest BCUT2D eigenvalue weighted by atomic mass is 10.1. The number of ether oxygens (including phenoxy) is 4. The van der Waals surface area contributed by atoms with Crippen LogP contribution in [-0.4, -0.2) is 54.2 Å². The number of esters is 3. The number of hydrogen-bond acceptors (Lipinski definition) is 8. The molecule has 180 valence electrons. The van der Waals surface area contributed by atoms with Gasteiger partial charge in [-0.25, -0.2) is 14.4 Å². The van der Waals surface area contributed by atoms with Crippen molar-refractivity contribution in [2.24, 2.45) is 0 Å². The predicted octanol–water partition coefficient (Wildman–Crippen LogP) is 3.40. The van der Waals surface area contributed by atoms with Crippen LogP contribution in [0.25, 0.3) is 0 Å². The molecule has 4 atom stereocenters. The highest BCUT2D eigenvalue weighted by Gasteiger charge is 2.48. The second kappa shape index (κ2) is 11.4. The monoisotopic (exact) mass is 476 g/mol. The summed E-state index contributed by atoms with van der Waals surface area (Å²) in [7, 11) is 0. The summed E-state index contributed by atoms with van der Waals surface area (Å²) in [5, 5.41) is 10.8. The quantitative estimate of drug-likeness (QED) is 0.389. The molecule has 0 saturated carbocycles. The Bertz CT molecular complexity index is 1130. The first-order valence-corrected chi connectivity index (χ1v) is 11.1. The molecule has 1 heterocycles. The SMILES string of the molecule is O=C(OCC[C@H]1O[C@H](OC(=O)c2ccccc2)[C@H](O)[C@@H]1OC(=O)c1ccccc1)c1ccccc1. The van der Waals surface area contributed by atoms with E-state index in [2.05, 4.69) is 0 Å². The molecule has 3 aromatic rings. The third-order valence-electron chi connectivity index (χ3n) is 5.42. The fourth-order valence-electron chi connectivity index (χ4n) is 3.62. The standard InChI is InChI=1S/C27H24O8/c28-22-23(34-25(30)19-12-6-2-7-13-19)21(16-17-32-24(29)18-10-4-1-5-11-18)33-27(22)35-26(31)20-14-8-3-9-15-20/h1-15,21-23,27-28H,16-17H2/t21-,22-,23-,27-/m1/s1. The zero-order chi connectivity index (χ0) is 24.6. The molecule has 8 nitrogen and oxygen atoms in total. The summed E-state index contributed by atoms with van der Waals surface area (Å²) in [6, 6.07) is 25.0. The summed E-state index contributed by atoms with van der Waals surface area (Å²) in [4.78, 5) is 37.3. The molecule has 0 spiro atoms. The van der Waals surface area contributed by atoms with Gasteiger partial charge in [0, 0.05) is 6.42 Å². The van der Waals surface area contributed by atoms with Crippen molar-refractivity contribution in [3.8, 4) is 0 Å². The van der Waals surface area contributed by atoms with E-state index in [9.17, 15) is 19.5 Å². The van der Waals surface area contributed by atoms with Gasteiger partial charge < -0.3 is 24.1 Å². The Kier molecular flexibility index (Phi) is 7.87. The molecule has 0 aliphatic carbocycles. The molecular formula is C27H24O8. The zero-order valence-corrected chi connectivity index (χ0v) is 18.7. The van der Waals surface area contributed by atoms with Gasteiger partial charge in [0.2, 0.25) is 6.29 Å². The minimum atomic E-state index is -1.44. The number of carbonyl (C=O) groups is 3. The first-order valence-electron chi connectivity index (χ1n) is 11.1. The Morgan fingerprint density at radius 1 is 0.686 bits per heavy atom. The number of aliphatic hydroxyl groups excluding tert-OH is 1. The Labute approximate surface area is 202 Å². The fraction of sp³-hybridized carbons (Fsp3) is 0.222. The molecular weight excluding hydrogens is 452 g/mol. The van der Waals surface area contributed by atoms with Gasteiger partial charge in [0.05, 0.1) is 23.3 Å². The molecule has 4 rings (SSSR count). The highest BCUT2D eigenvalue weighted by Crippen LogP contribution is 2.29. The Hall–Kier alpha value is -4.01. The minimum absolute atomic E-state index is 0.0656. The molecule has 0 radical (unpaired) electrons. The van der Waals surface area contributed by atoms with Crippen LogP contribution >= 0.6 is 0 Å². The molecule has 0 unspecified atom stereocenters. The van der Waals surface area contributed by atoms with Crippen LogP contribution in [0.5, 0.6) is 0 Å². The molecule has 1 aliphatic rings. The summed E-state index contributed by atoms with van der Waals surface area (Å²) >= 11 is 0. The van der Waals surface area contributed by atoms with Crippen molar-refractivity contribution in [2.75, 3.05) is 6.61 Å². The van der Waals surface area contributed by atoms with Crippen molar-refractivity contribution < 1.29 is 38.4 Å². The number of hydrogen-bond donors (Lipinski definition) is 1. The molecule has 1 fully saturated rings. The first-order chi connectivity index (χ1) is 17.0. The van der Waals surface area contributed by atoms with E-state index in [-0.39, 0.29) is 18.6 Å². The van der Waals surface area contributed by atoms with Crippen molar-refractivity contribution in [3.05, 3.63) is 108 Å². The number of carbonyl (C=O) groups excluding carboxylic acids is 3. The van der Waals surface area contributed by atoms with Crippen LogP contribution in [0.15, 0.2) is 91.0 Å². The normalized spacial score (nSPS) is 21.2. The highest BCUT2D eigenvalue weighted by molar-refractivity contribution is 5.90. The van der Waals surface area contributed by atoms with Crippen molar-refractivity contribution in [1.29, 1.82) is 0 Å². The zero-order valence-electron chi connectivity index (χ0n) is 18.7. The molecule has 3 aromatic carbocycles. The van der Waals surface area contributed by atoms with Crippen LogP contribution in [0.3, 0.4) is 0 Å². The van der Waals surface area contributed by atoms with Crippen molar-refractivity contribution >= 4 is 17.9 Å². The van der Waals surface area contributed by atoms with E-state index in [0.717, 1.165) is 0 Å². The fourth-order valence-corrected chi connectivity index (χ4v) is 3.62. The van der Waals surface area contributed by atoms with E-state index in [4.69, 9.17) is 18.9 Å². The molecule has 0 aromatic heterocycles. The molecule has 1 aliphatic heterocycles. The van der Waals surface area contributed by atoms with Gasteiger partial charge in [-0.2, -0.15) is 0 Å². The van der Waals surface area contributed by atoms with Crippen LogP contribution in [0.2, 0.25) is 0 Å². The van der Waals surface area contributed by atoms with Crippen molar-refractivity contribution in [2.45, 2.75) is 31.0 Å². The van der Waals surface area contributed by atoms with Gasteiger partial charge in [-0.1, -0.05) is 54.6 Å². The van der Waals surface area contributed by atoms with E-state index < -0.39 is 42.5 Å². The van der Waals surface area contributed by atoms with Gasteiger partial charge in [-0.15, -0.1) is 0 Å². The van der Waals surface area contributed by atoms with Gasteiger partial charge in [-0.3, -0.25) is 0 Å². The van der Waals surface area contributed by atoms with Crippen LogP contribution < -0.4 is 0 Å². The molecule has 1 saturated heterocycles. The summed E-state index contributed by atoms with van der Waals surface area (Å²) in [5.41, 5.74) is 0.960. The average molecular weight is 476 g/mol. The smallest absolute Gasteiger partial charge is 0.340 e.